The Labute approximate surface area is 194 Å². The maximum absolute atomic E-state index is 12.1. The molecule has 0 spiro atoms. The molecule has 166 valence electrons. The van der Waals surface area contributed by atoms with Gasteiger partial charge >= 0.3 is 26.1 Å². The molecule has 0 aromatic heterocycles. The number of nitrogens with zero attached hydrogens (tertiary/aromatic N) is 1. The summed E-state index contributed by atoms with van der Waals surface area (Å²) in [5, 5.41) is 9.06. The van der Waals surface area contributed by atoms with Crippen LogP contribution in [0.4, 0.5) is 10.5 Å². The van der Waals surface area contributed by atoms with E-state index in [1.807, 2.05) is 11.8 Å². The third-order valence-electron chi connectivity index (χ3n) is 4.91. The number of amides is 3. The maximum Gasteiger partial charge on any atom is 3.00 e. The Bertz CT molecular complexity index is 837. The van der Waals surface area contributed by atoms with Crippen molar-refractivity contribution in [2.24, 2.45) is 5.73 Å². The number of hydrogen-bond acceptors (Lipinski definition) is 6. The Morgan fingerprint density at radius 1 is 1.23 bits per heavy atom. The van der Waals surface area contributed by atoms with Crippen LogP contribution >= 0.6 is 11.8 Å². The van der Waals surface area contributed by atoms with E-state index in [-0.39, 0.29) is 62.1 Å². The van der Waals surface area contributed by atoms with Gasteiger partial charge in [0.1, 0.15) is 10.0 Å². The van der Waals surface area contributed by atoms with E-state index < -0.39 is 10.0 Å². The van der Waals surface area contributed by atoms with Gasteiger partial charge in [0, 0.05) is 28.0 Å². The Hall–Kier alpha value is -1.17. The molecule has 5 N–H and O–H groups in total. The van der Waals surface area contributed by atoms with Crippen LogP contribution in [0.15, 0.2) is 29.2 Å². The van der Waals surface area contributed by atoms with Crippen LogP contribution in [0.3, 0.4) is 0 Å². The fourth-order valence-corrected chi connectivity index (χ4v) is 5.97. The SMILES string of the molecule is NCC[N-]S(=O)(=O)c1ccc(NC(=O)CCCC[C@@H]2SC[C@@H]3NC(=O)N[C@@H]32)cc1.[Ir+3]. The largest absolute Gasteiger partial charge is 3.00 e. The summed E-state index contributed by atoms with van der Waals surface area (Å²) in [4.78, 5) is 23.6. The third kappa shape index (κ3) is 6.66. The van der Waals surface area contributed by atoms with Crippen LogP contribution in [0, 0.1) is 0 Å². The predicted octanol–water partition coefficient (Wildman–Crippen LogP) is 1.37. The number of sulfonamides is 1. The summed E-state index contributed by atoms with van der Waals surface area (Å²) in [5.74, 6) is 0.820. The molecule has 2 saturated heterocycles. The van der Waals surface area contributed by atoms with Crippen molar-refractivity contribution in [1.29, 1.82) is 0 Å². The number of carbonyl (C=O) groups excluding carboxylic acids is 2. The first kappa shape index (κ1) is 25.1. The summed E-state index contributed by atoms with van der Waals surface area (Å²) in [6, 6.07) is 6.26. The third-order valence-corrected chi connectivity index (χ3v) is 7.81. The number of fused-ring (bicyclic) bond motifs is 1. The molecule has 1 aromatic rings. The number of carbonyl (C=O) groups is 2. The van der Waals surface area contributed by atoms with Crippen LogP contribution in [0.5, 0.6) is 0 Å². The molecule has 2 aliphatic heterocycles. The number of hydrogen-bond donors (Lipinski definition) is 4. The number of anilines is 1. The molecule has 0 radical (unpaired) electrons. The van der Waals surface area contributed by atoms with E-state index in [0.29, 0.717) is 17.4 Å². The minimum atomic E-state index is -3.70. The summed E-state index contributed by atoms with van der Waals surface area (Å²) in [7, 11) is -3.70. The normalized spacial score (nSPS) is 22.6. The van der Waals surface area contributed by atoms with Crippen LogP contribution in [-0.2, 0) is 34.9 Å². The van der Waals surface area contributed by atoms with E-state index in [2.05, 4.69) is 20.7 Å². The van der Waals surface area contributed by atoms with Gasteiger partial charge in [-0.2, -0.15) is 11.8 Å². The van der Waals surface area contributed by atoms with Gasteiger partial charge in [0.05, 0.1) is 12.1 Å². The zero-order valence-electron chi connectivity index (χ0n) is 16.3. The molecule has 12 heteroatoms. The van der Waals surface area contributed by atoms with E-state index in [9.17, 15) is 18.0 Å². The van der Waals surface area contributed by atoms with Crippen molar-refractivity contribution in [3.8, 4) is 0 Å². The number of benzene rings is 1. The van der Waals surface area contributed by atoms with Crippen molar-refractivity contribution in [2.45, 2.75) is 47.9 Å². The Balaban J connectivity index is 0.00000320. The number of nitrogens with one attached hydrogen (secondary N) is 3. The molecule has 0 unspecified atom stereocenters. The van der Waals surface area contributed by atoms with Crippen LogP contribution in [-0.4, -0.2) is 56.5 Å². The van der Waals surface area contributed by atoms with Crippen LogP contribution in [0.25, 0.3) is 4.72 Å². The fourth-order valence-electron chi connectivity index (χ4n) is 3.46. The summed E-state index contributed by atoms with van der Waals surface area (Å²) < 4.78 is 27.5. The number of nitrogens with two attached hydrogens (primary N) is 1. The van der Waals surface area contributed by atoms with Crippen LogP contribution in [0.2, 0.25) is 0 Å². The molecule has 2 aliphatic rings. The standard InChI is InChI=1S/C18H26N5O4S2.Ir/c19-9-10-20-29(26,27)13-7-5-12(6-8-13)21-16(24)4-2-1-3-15-17-14(11-28-15)22-18(25)23-17;/h5-8,14-15,17H,1-4,9-11,19H2,(H,21,24)(H2,22,23,25);/q-1;+3/t14-,15-,17-;/m0./s1. The summed E-state index contributed by atoms with van der Waals surface area (Å²) in [6.45, 7) is 0.212. The number of thioether (sulfide) groups is 1. The molecule has 0 saturated carbocycles. The number of rotatable bonds is 10. The van der Waals surface area contributed by atoms with Gasteiger partial charge in [-0.1, -0.05) is 6.42 Å². The van der Waals surface area contributed by atoms with Crippen molar-refractivity contribution < 1.29 is 38.1 Å². The van der Waals surface area contributed by atoms with Gasteiger partial charge in [-0.25, -0.2) is 13.2 Å². The Morgan fingerprint density at radius 3 is 2.67 bits per heavy atom. The summed E-state index contributed by atoms with van der Waals surface area (Å²) >= 11 is 1.86. The Kier molecular flexibility index (Phi) is 9.58. The van der Waals surface area contributed by atoms with Crippen molar-refractivity contribution in [3.05, 3.63) is 29.0 Å². The topological polar surface area (TPSA) is 144 Å². The first-order valence-electron chi connectivity index (χ1n) is 9.61. The zero-order valence-corrected chi connectivity index (χ0v) is 20.3. The van der Waals surface area contributed by atoms with E-state index in [1.54, 1.807) is 12.1 Å². The van der Waals surface area contributed by atoms with E-state index in [4.69, 9.17) is 5.73 Å². The second-order valence-electron chi connectivity index (χ2n) is 7.06. The fraction of sp³-hybridized carbons (Fsp3) is 0.556. The minimum absolute atomic E-state index is 0. The molecule has 2 heterocycles. The zero-order chi connectivity index (χ0) is 20.9. The Morgan fingerprint density at radius 2 is 1.97 bits per heavy atom. The molecule has 3 rings (SSSR count). The maximum atomic E-state index is 12.1. The van der Waals surface area contributed by atoms with Gasteiger partial charge in [-0.05, 0) is 43.7 Å². The first-order chi connectivity index (χ1) is 13.9. The number of urea groups is 1. The van der Waals surface area contributed by atoms with E-state index in [1.165, 1.54) is 12.1 Å². The van der Waals surface area contributed by atoms with Gasteiger partial charge in [0.25, 0.3) is 0 Å². The molecule has 0 bridgehead atoms. The minimum Gasteiger partial charge on any atom is -0.544 e. The van der Waals surface area contributed by atoms with Gasteiger partial charge < -0.3 is 26.4 Å². The van der Waals surface area contributed by atoms with Crippen molar-refractivity contribution in [2.75, 3.05) is 24.2 Å². The second-order valence-corrected chi connectivity index (χ2v) is 10.0. The molecule has 30 heavy (non-hydrogen) atoms. The van der Waals surface area contributed by atoms with Crippen molar-refractivity contribution in [3.63, 3.8) is 0 Å². The summed E-state index contributed by atoms with van der Waals surface area (Å²) in [6.07, 6.45) is 3.01. The molecular weight excluding hydrogens is 607 g/mol. The molecule has 3 atom stereocenters. The smallest absolute Gasteiger partial charge is 0.544 e. The average Bonchev–Trinajstić information content (AvgIpc) is 3.23. The molecule has 9 nitrogen and oxygen atoms in total. The first-order valence-corrected chi connectivity index (χ1v) is 12.1. The van der Waals surface area contributed by atoms with Gasteiger partial charge in [-0.15, -0.1) is 6.54 Å². The van der Waals surface area contributed by atoms with Crippen molar-refractivity contribution in [1.82, 2.24) is 10.6 Å². The molecular formula is C18H26IrN5O4S2+2. The van der Waals surface area contributed by atoms with E-state index >= 15 is 0 Å². The molecule has 0 aliphatic carbocycles. The van der Waals surface area contributed by atoms with Crippen molar-refractivity contribution >= 4 is 39.4 Å². The summed E-state index contributed by atoms with van der Waals surface area (Å²) in [5.41, 5.74) is 5.82. The molecule has 3 amide bonds. The number of unbranched alkanes of at least 4 members (excludes halogenated alkanes) is 1. The van der Waals surface area contributed by atoms with E-state index in [0.717, 1.165) is 25.0 Å². The molecule has 2 fully saturated rings. The van der Waals surface area contributed by atoms with Crippen LogP contribution in [0.1, 0.15) is 25.7 Å². The van der Waals surface area contributed by atoms with Gasteiger partial charge in [0.15, 0.2) is 0 Å². The monoisotopic (exact) mass is 633 g/mol. The van der Waals surface area contributed by atoms with Gasteiger partial charge in [-0.3, -0.25) is 4.79 Å². The average molecular weight is 633 g/mol. The quantitative estimate of drug-likeness (QED) is 0.227. The molecule has 1 aromatic carbocycles. The predicted molar refractivity (Wildman–Crippen MR) is 113 cm³/mol. The van der Waals surface area contributed by atoms with Gasteiger partial charge in [0.2, 0.25) is 5.91 Å². The second kappa shape index (κ2) is 11.4. The van der Waals surface area contributed by atoms with Crippen LogP contribution < -0.4 is 21.7 Å².